The molecule has 0 unspecified atom stereocenters. The van der Waals surface area contributed by atoms with Gasteiger partial charge in [0.25, 0.3) is 0 Å². The van der Waals surface area contributed by atoms with E-state index in [4.69, 9.17) is 11.6 Å². The zero-order valence-electron chi connectivity index (χ0n) is 7.10. The van der Waals surface area contributed by atoms with Gasteiger partial charge in [0.1, 0.15) is 5.15 Å². The zero-order valence-corrected chi connectivity index (χ0v) is 9.44. The molecule has 0 aliphatic carbocycles. The SMILES string of the molecule is Cc1nc(N(C)C)nc(Cl)c1Br. The Bertz CT molecular complexity index is 278. The molecule has 1 aromatic heterocycles. The number of hydrogen-bond donors (Lipinski definition) is 0. The van der Waals surface area contributed by atoms with Crippen LogP contribution < -0.4 is 4.90 Å². The summed E-state index contributed by atoms with van der Waals surface area (Å²) in [6, 6.07) is 0. The molecule has 0 radical (unpaired) electrons. The van der Waals surface area contributed by atoms with Crippen LogP contribution in [0.25, 0.3) is 0 Å². The number of nitrogens with zero attached hydrogens (tertiary/aromatic N) is 3. The molecule has 0 aliphatic heterocycles. The normalized spacial score (nSPS) is 10.1. The van der Waals surface area contributed by atoms with Crippen LogP contribution in [0.15, 0.2) is 4.47 Å². The van der Waals surface area contributed by atoms with E-state index in [1.165, 1.54) is 0 Å². The molecule has 0 saturated heterocycles. The molecule has 1 heterocycles. The minimum Gasteiger partial charge on any atom is -0.347 e. The van der Waals surface area contributed by atoms with E-state index in [0.717, 1.165) is 10.2 Å². The van der Waals surface area contributed by atoms with Gasteiger partial charge >= 0.3 is 0 Å². The second-order valence-electron chi connectivity index (χ2n) is 2.61. The fourth-order valence-electron chi connectivity index (χ4n) is 0.710. The van der Waals surface area contributed by atoms with E-state index in [-0.39, 0.29) is 0 Å². The lowest BCUT2D eigenvalue weighted by Gasteiger charge is -2.11. The number of hydrogen-bond acceptors (Lipinski definition) is 3. The van der Waals surface area contributed by atoms with E-state index in [2.05, 4.69) is 25.9 Å². The van der Waals surface area contributed by atoms with E-state index in [1.54, 1.807) is 0 Å². The van der Waals surface area contributed by atoms with Crippen molar-refractivity contribution in [3.63, 3.8) is 0 Å². The van der Waals surface area contributed by atoms with Crippen molar-refractivity contribution in [1.82, 2.24) is 9.97 Å². The van der Waals surface area contributed by atoms with Crippen molar-refractivity contribution in [2.45, 2.75) is 6.92 Å². The van der Waals surface area contributed by atoms with Gasteiger partial charge in [0.2, 0.25) is 5.95 Å². The molecule has 1 aromatic rings. The van der Waals surface area contributed by atoms with Crippen LogP contribution >= 0.6 is 27.5 Å². The summed E-state index contributed by atoms with van der Waals surface area (Å²) < 4.78 is 0.759. The highest BCUT2D eigenvalue weighted by molar-refractivity contribution is 9.10. The summed E-state index contributed by atoms with van der Waals surface area (Å²) in [5.74, 6) is 0.626. The van der Waals surface area contributed by atoms with Gasteiger partial charge in [-0.05, 0) is 22.9 Å². The Kier molecular flexibility index (Phi) is 2.90. The Labute approximate surface area is 84.9 Å². The van der Waals surface area contributed by atoms with Crippen molar-refractivity contribution in [3.05, 3.63) is 15.3 Å². The Balaban J connectivity index is 3.21. The first-order valence-corrected chi connectivity index (χ1v) is 4.56. The summed E-state index contributed by atoms with van der Waals surface area (Å²) in [4.78, 5) is 10.1. The van der Waals surface area contributed by atoms with Gasteiger partial charge in [-0.2, -0.15) is 4.98 Å². The average Bonchev–Trinajstić information content (AvgIpc) is 1.99. The van der Waals surface area contributed by atoms with Crippen molar-refractivity contribution < 1.29 is 0 Å². The molecule has 66 valence electrons. The molecule has 0 fully saturated rings. The summed E-state index contributed by atoms with van der Waals surface area (Å²) in [5, 5.41) is 0.450. The molecule has 0 amide bonds. The third kappa shape index (κ3) is 1.87. The lowest BCUT2D eigenvalue weighted by molar-refractivity contribution is 0.970. The molecule has 1 rings (SSSR count). The summed E-state index contributed by atoms with van der Waals surface area (Å²) in [6.45, 7) is 1.88. The Hall–Kier alpha value is -0.350. The molecule has 3 nitrogen and oxygen atoms in total. The largest absolute Gasteiger partial charge is 0.347 e. The molecule has 12 heavy (non-hydrogen) atoms. The first-order valence-electron chi connectivity index (χ1n) is 3.39. The van der Waals surface area contributed by atoms with E-state index < -0.39 is 0 Å². The van der Waals surface area contributed by atoms with Gasteiger partial charge in [0.15, 0.2) is 0 Å². The minimum absolute atomic E-state index is 0.450. The van der Waals surface area contributed by atoms with Crippen LogP contribution in [0.1, 0.15) is 5.69 Å². The number of halogens is 2. The Morgan fingerprint density at radius 2 is 1.92 bits per heavy atom. The molecule has 5 heteroatoms. The minimum atomic E-state index is 0.450. The molecule has 0 saturated carbocycles. The Morgan fingerprint density at radius 3 is 2.33 bits per heavy atom. The van der Waals surface area contributed by atoms with Crippen LogP contribution in [-0.4, -0.2) is 24.1 Å². The molecular formula is C7H9BrClN3. The summed E-state index contributed by atoms with van der Waals surface area (Å²) in [6.07, 6.45) is 0. The van der Waals surface area contributed by atoms with Crippen LogP contribution in [0.4, 0.5) is 5.95 Å². The molecule has 0 aliphatic rings. The van der Waals surface area contributed by atoms with Gasteiger partial charge < -0.3 is 4.90 Å². The monoisotopic (exact) mass is 249 g/mol. The second kappa shape index (κ2) is 3.58. The van der Waals surface area contributed by atoms with Crippen molar-refractivity contribution in [2.75, 3.05) is 19.0 Å². The van der Waals surface area contributed by atoms with Gasteiger partial charge in [-0.15, -0.1) is 0 Å². The van der Waals surface area contributed by atoms with E-state index >= 15 is 0 Å². The number of anilines is 1. The smallest absolute Gasteiger partial charge is 0.226 e. The lowest BCUT2D eigenvalue weighted by atomic mass is 10.4. The topological polar surface area (TPSA) is 29.0 Å². The van der Waals surface area contributed by atoms with E-state index in [1.807, 2.05) is 25.9 Å². The standard InChI is InChI=1S/C7H9BrClN3/c1-4-5(8)6(9)11-7(10-4)12(2)3/h1-3H3. The third-order valence-corrected chi connectivity index (χ3v) is 2.82. The van der Waals surface area contributed by atoms with Crippen molar-refractivity contribution in [2.24, 2.45) is 0 Å². The second-order valence-corrected chi connectivity index (χ2v) is 3.76. The van der Waals surface area contributed by atoms with Crippen LogP contribution in [0.3, 0.4) is 0 Å². The molecule has 0 bridgehead atoms. The highest BCUT2D eigenvalue weighted by Crippen LogP contribution is 2.24. The maximum absolute atomic E-state index is 5.84. The number of aryl methyl sites for hydroxylation is 1. The van der Waals surface area contributed by atoms with Gasteiger partial charge in [-0.25, -0.2) is 4.98 Å². The van der Waals surface area contributed by atoms with E-state index in [9.17, 15) is 0 Å². The van der Waals surface area contributed by atoms with Crippen molar-refractivity contribution in [3.8, 4) is 0 Å². The van der Waals surface area contributed by atoms with Gasteiger partial charge in [-0.1, -0.05) is 11.6 Å². The summed E-state index contributed by atoms with van der Waals surface area (Å²) in [7, 11) is 3.75. The maximum Gasteiger partial charge on any atom is 0.226 e. The van der Waals surface area contributed by atoms with Gasteiger partial charge in [0, 0.05) is 14.1 Å². The molecule has 0 spiro atoms. The summed E-state index contributed by atoms with van der Waals surface area (Å²) in [5.41, 5.74) is 0.846. The fraction of sp³-hybridized carbons (Fsp3) is 0.429. The first kappa shape index (κ1) is 9.74. The van der Waals surface area contributed by atoms with Gasteiger partial charge in [0.05, 0.1) is 10.2 Å². The Morgan fingerprint density at radius 1 is 1.33 bits per heavy atom. The quantitative estimate of drug-likeness (QED) is 0.716. The summed E-state index contributed by atoms with van der Waals surface area (Å²) >= 11 is 9.13. The number of rotatable bonds is 1. The zero-order chi connectivity index (χ0) is 9.30. The highest BCUT2D eigenvalue weighted by Gasteiger charge is 2.07. The van der Waals surface area contributed by atoms with Crippen LogP contribution in [0.5, 0.6) is 0 Å². The van der Waals surface area contributed by atoms with E-state index in [0.29, 0.717) is 11.1 Å². The predicted octanol–water partition coefficient (Wildman–Crippen LogP) is 2.27. The molecular weight excluding hydrogens is 241 g/mol. The van der Waals surface area contributed by atoms with Crippen LogP contribution in [0, 0.1) is 6.92 Å². The fourth-order valence-corrected chi connectivity index (χ4v) is 1.10. The highest BCUT2D eigenvalue weighted by atomic mass is 79.9. The van der Waals surface area contributed by atoms with Gasteiger partial charge in [-0.3, -0.25) is 0 Å². The van der Waals surface area contributed by atoms with Crippen LogP contribution in [0.2, 0.25) is 5.15 Å². The maximum atomic E-state index is 5.84. The molecule has 0 atom stereocenters. The van der Waals surface area contributed by atoms with Crippen LogP contribution in [-0.2, 0) is 0 Å². The first-order chi connectivity index (χ1) is 5.52. The number of aromatic nitrogens is 2. The predicted molar refractivity (Wildman–Crippen MR) is 53.8 cm³/mol. The molecule has 0 aromatic carbocycles. The molecule has 0 N–H and O–H groups in total. The van der Waals surface area contributed by atoms with Crippen molar-refractivity contribution in [1.29, 1.82) is 0 Å². The average molecular weight is 251 g/mol. The third-order valence-electron chi connectivity index (χ3n) is 1.36. The lowest BCUT2D eigenvalue weighted by Crippen LogP contribution is -2.13. The van der Waals surface area contributed by atoms with Crippen molar-refractivity contribution >= 4 is 33.5 Å².